The number of halogens is 1. The van der Waals surface area contributed by atoms with Gasteiger partial charge in [-0.3, -0.25) is 0 Å². The molecule has 3 aromatic carbocycles. The molecule has 0 bridgehead atoms. The van der Waals surface area contributed by atoms with E-state index in [9.17, 15) is 9.59 Å². The number of hydrogen-bond acceptors (Lipinski definition) is 8. The first-order valence-corrected chi connectivity index (χ1v) is 26.3. The van der Waals surface area contributed by atoms with E-state index in [2.05, 4.69) is 84.2 Å². The van der Waals surface area contributed by atoms with Crippen molar-refractivity contribution in [3.05, 3.63) is 107 Å². The van der Waals surface area contributed by atoms with Crippen LogP contribution in [0.15, 0.2) is 96.0 Å². The van der Waals surface area contributed by atoms with Crippen molar-refractivity contribution in [3.63, 3.8) is 0 Å². The van der Waals surface area contributed by atoms with Crippen molar-refractivity contribution in [2.45, 2.75) is 164 Å². The van der Waals surface area contributed by atoms with Gasteiger partial charge in [-0.05, 0) is 219 Å². The number of hydrogen-bond donors (Lipinski definition) is 1. The van der Waals surface area contributed by atoms with E-state index in [0.29, 0.717) is 11.8 Å². The highest BCUT2D eigenvalue weighted by Crippen LogP contribution is 2.25. The SMILES string of the molecule is C=CC1CCN(C(=O)OC(C)(C)C)CC1.CC(C)Oc1cccc(/C=C/C2CCN(C(=O)OC(C)(C)C)CC2)c1.CC(C)Oc1cccc(Br)c1.CC(C)Oc1cccc(CCC2CCNCC2)c1. The Balaban J connectivity index is 0.000000254. The van der Waals surface area contributed by atoms with Crippen LogP contribution >= 0.6 is 15.9 Å². The molecular formula is C58H88BrN3O7. The first kappa shape index (κ1) is 58.8. The summed E-state index contributed by atoms with van der Waals surface area (Å²) >= 11 is 3.37. The van der Waals surface area contributed by atoms with Crippen LogP contribution in [0.1, 0.15) is 139 Å². The van der Waals surface area contributed by atoms with Crippen LogP contribution in [0, 0.1) is 17.8 Å². The Kier molecular flexibility index (Phi) is 25.8. The highest BCUT2D eigenvalue weighted by Gasteiger charge is 2.27. The molecule has 2 amide bonds. The van der Waals surface area contributed by atoms with Gasteiger partial charge in [0.2, 0.25) is 0 Å². The smallest absolute Gasteiger partial charge is 0.410 e. The summed E-state index contributed by atoms with van der Waals surface area (Å²) in [6.07, 6.45) is 15.8. The van der Waals surface area contributed by atoms with Crippen molar-refractivity contribution < 1.29 is 33.3 Å². The van der Waals surface area contributed by atoms with Crippen LogP contribution in [0.2, 0.25) is 0 Å². The van der Waals surface area contributed by atoms with E-state index in [0.717, 1.165) is 85.1 Å². The summed E-state index contributed by atoms with van der Waals surface area (Å²) in [4.78, 5) is 27.4. The molecule has 0 atom stereocenters. The van der Waals surface area contributed by atoms with Crippen molar-refractivity contribution in [2.24, 2.45) is 17.8 Å². The van der Waals surface area contributed by atoms with Crippen molar-refractivity contribution in [2.75, 3.05) is 39.3 Å². The molecule has 0 saturated carbocycles. The molecule has 384 valence electrons. The van der Waals surface area contributed by atoms with Crippen LogP contribution in [-0.4, -0.2) is 90.8 Å². The Morgan fingerprint density at radius 2 is 1.10 bits per heavy atom. The fourth-order valence-electron chi connectivity index (χ4n) is 7.86. The molecule has 3 aliphatic rings. The normalized spacial score (nSPS) is 16.1. The third-order valence-electron chi connectivity index (χ3n) is 11.2. The number of benzene rings is 3. The maximum Gasteiger partial charge on any atom is 0.410 e. The van der Waals surface area contributed by atoms with Gasteiger partial charge in [-0.1, -0.05) is 64.5 Å². The quantitative estimate of drug-likeness (QED) is 0.179. The Bertz CT molecular complexity index is 1970. The number of nitrogens with zero attached hydrogens (tertiary/aromatic N) is 2. The molecule has 3 saturated heterocycles. The predicted octanol–water partition coefficient (Wildman–Crippen LogP) is 14.6. The lowest BCUT2D eigenvalue weighted by molar-refractivity contribution is 0.0187. The van der Waals surface area contributed by atoms with Gasteiger partial charge in [0.15, 0.2) is 0 Å². The van der Waals surface area contributed by atoms with Crippen LogP contribution in [-0.2, 0) is 15.9 Å². The van der Waals surface area contributed by atoms with Gasteiger partial charge in [0.05, 0.1) is 18.3 Å². The number of rotatable bonds is 12. The molecule has 6 rings (SSSR count). The van der Waals surface area contributed by atoms with E-state index < -0.39 is 11.2 Å². The van der Waals surface area contributed by atoms with Crippen LogP contribution < -0.4 is 19.5 Å². The highest BCUT2D eigenvalue weighted by molar-refractivity contribution is 9.10. The van der Waals surface area contributed by atoms with E-state index >= 15 is 0 Å². The lowest BCUT2D eigenvalue weighted by Crippen LogP contribution is -2.41. The third kappa shape index (κ3) is 26.3. The minimum Gasteiger partial charge on any atom is -0.491 e. The summed E-state index contributed by atoms with van der Waals surface area (Å²) in [7, 11) is 0. The van der Waals surface area contributed by atoms with Crippen molar-refractivity contribution in [1.29, 1.82) is 0 Å². The van der Waals surface area contributed by atoms with Gasteiger partial charge in [-0.25, -0.2) is 9.59 Å². The second kappa shape index (κ2) is 30.3. The number of allylic oxidation sites excluding steroid dienone is 2. The standard InChI is InChI=1S/C21H31NO3.C16H25NO.C12H21NO2.C9H11BrO/c1-16(2)24-19-8-6-7-18(15-19)10-9-17-11-13-22(14-12-17)20(23)25-21(3,4)5;1-13(2)18-16-5-3-4-15(12-16)7-6-14-8-10-17-11-9-14;1-5-10-6-8-13(9-7-10)11(14)15-12(2,3)4;1-7(2)11-9-5-3-4-8(10)6-9/h6-10,15-17H,11-14H2,1-5H3;3-5,12-14,17H,6-11H2,1-2H3;5,10H,1,6-9H2,2-4H3;3-7H,1-2H3/b10-9+;;;. The van der Waals surface area contributed by atoms with Gasteiger partial charge in [0, 0.05) is 30.7 Å². The summed E-state index contributed by atoms with van der Waals surface area (Å²) in [5.41, 5.74) is 1.72. The van der Waals surface area contributed by atoms with E-state index in [1.807, 2.05) is 123 Å². The zero-order valence-electron chi connectivity index (χ0n) is 44.4. The maximum atomic E-state index is 12.1. The number of ether oxygens (including phenoxy) is 5. The first-order chi connectivity index (χ1) is 32.6. The van der Waals surface area contributed by atoms with E-state index in [1.54, 1.807) is 4.90 Å². The average Bonchev–Trinajstić information content (AvgIpc) is 3.27. The highest BCUT2D eigenvalue weighted by atomic mass is 79.9. The Hall–Kier alpha value is -4.48. The van der Waals surface area contributed by atoms with Crippen LogP contribution in [0.25, 0.3) is 6.08 Å². The van der Waals surface area contributed by atoms with Crippen LogP contribution in [0.3, 0.4) is 0 Å². The number of likely N-dealkylation sites (tertiary alicyclic amines) is 2. The molecule has 0 spiro atoms. The van der Waals surface area contributed by atoms with E-state index in [1.165, 1.54) is 44.3 Å². The Morgan fingerprint density at radius 1 is 0.652 bits per heavy atom. The van der Waals surface area contributed by atoms with E-state index in [4.69, 9.17) is 23.7 Å². The number of aryl methyl sites for hydroxylation is 1. The molecule has 3 fully saturated rings. The molecule has 3 aromatic rings. The predicted molar refractivity (Wildman–Crippen MR) is 289 cm³/mol. The van der Waals surface area contributed by atoms with Gasteiger partial charge in [-0.15, -0.1) is 6.58 Å². The van der Waals surface area contributed by atoms with Gasteiger partial charge >= 0.3 is 12.2 Å². The fourth-order valence-corrected chi connectivity index (χ4v) is 8.23. The molecule has 3 aliphatic heterocycles. The topological polar surface area (TPSA) is 98.8 Å². The van der Waals surface area contributed by atoms with E-state index in [-0.39, 0.29) is 30.5 Å². The number of carbonyl (C=O) groups is 2. The van der Waals surface area contributed by atoms with Crippen LogP contribution in [0.5, 0.6) is 17.2 Å². The summed E-state index contributed by atoms with van der Waals surface area (Å²) < 4.78 is 28.7. The number of nitrogens with one attached hydrogen (secondary N) is 1. The number of piperidine rings is 3. The van der Waals surface area contributed by atoms with Crippen molar-refractivity contribution >= 4 is 34.2 Å². The lowest BCUT2D eigenvalue weighted by atomic mass is 9.91. The molecule has 11 heteroatoms. The fraction of sp³-hybridized carbons (Fsp3) is 0.586. The second-order valence-corrected chi connectivity index (χ2v) is 22.0. The zero-order chi connectivity index (χ0) is 51.0. The number of amides is 2. The summed E-state index contributed by atoms with van der Waals surface area (Å²) in [6, 6.07) is 24.6. The van der Waals surface area contributed by atoms with Gasteiger partial charge in [0.1, 0.15) is 28.5 Å². The summed E-state index contributed by atoms with van der Waals surface area (Å²) in [5.74, 6) is 4.78. The third-order valence-corrected chi connectivity index (χ3v) is 11.7. The van der Waals surface area contributed by atoms with Crippen molar-refractivity contribution in [3.8, 4) is 17.2 Å². The summed E-state index contributed by atoms with van der Waals surface area (Å²) in [5, 5.41) is 3.42. The van der Waals surface area contributed by atoms with Gasteiger partial charge < -0.3 is 38.8 Å². The average molecular weight is 1020 g/mol. The molecule has 1 N–H and O–H groups in total. The molecule has 0 aromatic heterocycles. The zero-order valence-corrected chi connectivity index (χ0v) is 45.9. The molecule has 0 radical (unpaired) electrons. The first-order valence-electron chi connectivity index (χ1n) is 25.5. The molecule has 10 nitrogen and oxygen atoms in total. The summed E-state index contributed by atoms with van der Waals surface area (Å²) in [6.45, 7) is 32.8. The Labute approximate surface area is 426 Å². The molecule has 3 heterocycles. The van der Waals surface area contributed by atoms with Gasteiger partial charge in [-0.2, -0.15) is 0 Å². The molecule has 69 heavy (non-hydrogen) atoms. The van der Waals surface area contributed by atoms with Gasteiger partial charge in [0.25, 0.3) is 0 Å². The lowest BCUT2D eigenvalue weighted by Gasteiger charge is -2.32. The van der Waals surface area contributed by atoms with Crippen molar-refractivity contribution in [1.82, 2.24) is 15.1 Å². The molecule has 0 unspecified atom stereocenters. The molecule has 0 aliphatic carbocycles. The minimum absolute atomic E-state index is 0.177. The molecular weight excluding hydrogens is 931 g/mol. The maximum absolute atomic E-state index is 12.1. The van der Waals surface area contributed by atoms with Crippen LogP contribution in [0.4, 0.5) is 9.59 Å². The number of carbonyl (C=O) groups excluding carboxylic acids is 2. The monoisotopic (exact) mass is 1020 g/mol. The Morgan fingerprint density at radius 3 is 1.57 bits per heavy atom. The second-order valence-electron chi connectivity index (χ2n) is 21.1. The minimum atomic E-state index is -0.434. The largest absolute Gasteiger partial charge is 0.491 e.